The summed E-state index contributed by atoms with van der Waals surface area (Å²) < 4.78 is 0. The van der Waals surface area contributed by atoms with Crippen LogP contribution in [-0.2, 0) is 4.79 Å². The quantitative estimate of drug-likeness (QED) is 0.688. The maximum atomic E-state index is 11.3. The molecule has 2 heterocycles. The number of rotatable bonds is 4. The highest BCUT2D eigenvalue weighted by molar-refractivity contribution is 5.79. The Morgan fingerprint density at radius 2 is 2.00 bits per heavy atom. The van der Waals surface area contributed by atoms with E-state index in [0.717, 1.165) is 6.42 Å². The first-order valence-corrected chi connectivity index (χ1v) is 7.28. The molecule has 0 saturated carbocycles. The normalized spacial score (nSPS) is 17.2. The van der Waals surface area contributed by atoms with E-state index >= 15 is 0 Å². The van der Waals surface area contributed by atoms with Gasteiger partial charge in [-0.3, -0.25) is 10.1 Å². The maximum Gasteiger partial charge on any atom is 0.326 e. The van der Waals surface area contributed by atoms with Crippen LogP contribution in [0.2, 0.25) is 0 Å². The molecule has 1 fully saturated rings. The number of nitro groups is 1. The van der Waals surface area contributed by atoms with Crippen LogP contribution in [0.1, 0.15) is 12.8 Å². The van der Waals surface area contributed by atoms with Gasteiger partial charge >= 0.3 is 5.97 Å². The number of carboxylic acids is 1. The monoisotopic (exact) mass is 313 g/mol. The zero-order valence-corrected chi connectivity index (χ0v) is 12.3. The lowest BCUT2D eigenvalue weighted by molar-refractivity contribution is -0.384. The summed E-state index contributed by atoms with van der Waals surface area (Å²) >= 11 is 0. The predicted molar refractivity (Wildman–Crippen MR) is 84.3 cm³/mol. The van der Waals surface area contributed by atoms with E-state index in [-0.39, 0.29) is 11.4 Å². The van der Waals surface area contributed by atoms with Gasteiger partial charge in [-0.05, 0) is 18.9 Å². The van der Waals surface area contributed by atoms with E-state index in [2.05, 4.69) is 4.98 Å². The number of aliphatic carboxylic acids is 1. The van der Waals surface area contributed by atoms with Gasteiger partial charge in [0.05, 0.1) is 4.92 Å². The van der Waals surface area contributed by atoms with Gasteiger partial charge in [-0.1, -0.05) is 30.3 Å². The smallest absolute Gasteiger partial charge is 0.326 e. The standard InChI is InChI=1S/C16H15N3O4/c20-16(21)13-7-4-10-18(13)14-9-8-12(19(22)23)15(17-14)11-5-2-1-3-6-11/h1-3,5-6,8-9,13H,4,7,10H2,(H,20,21)/t13-/m0/s1. The summed E-state index contributed by atoms with van der Waals surface area (Å²) in [5.41, 5.74) is 0.794. The molecule has 1 aromatic heterocycles. The molecule has 2 aromatic rings. The second kappa shape index (κ2) is 6.04. The molecular formula is C16H15N3O4. The molecular weight excluding hydrogens is 298 g/mol. The van der Waals surface area contributed by atoms with E-state index in [0.29, 0.717) is 24.3 Å². The third-order valence-corrected chi connectivity index (χ3v) is 3.94. The molecule has 1 aliphatic heterocycles. The number of benzene rings is 1. The first kappa shape index (κ1) is 15.0. The highest BCUT2D eigenvalue weighted by Crippen LogP contribution is 2.32. The summed E-state index contributed by atoms with van der Waals surface area (Å²) in [5.74, 6) is -0.441. The van der Waals surface area contributed by atoms with Crippen molar-refractivity contribution in [3.63, 3.8) is 0 Å². The van der Waals surface area contributed by atoms with Crippen molar-refractivity contribution in [1.29, 1.82) is 0 Å². The zero-order valence-electron chi connectivity index (χ0n) is 12.3. The van der Waals surface area contributed by atoms with Crippen molar-refractivity contribution in [2.45, 2.75) is 18.9 Å². The van der Waals surface area contributed by atoms with E-state index in [1.54, 1.807) is 29.2 Å². The van der Waals surface area contributed by atoms with Crippen molar-refractivity contribution < 1.29 is 14.8 Å². The van der Waals surface area contributed by atoms with E-state index in [1.807, 2.05) is 6.07 Å². The summed E-state index contributed by atoms with van der Waals surface area (Å²) in [6, 6.07) is 11.2. The third-order valence-electron chi connectivity index (χ3n) is 3.94. The van der Waals surface area contributed by atoms with Crippen molar-refractivity contribution in [3.05, 3.63) is 52.6 Å². The molecule has 7 heteroatoms. The number of carboxylic acid groups (broad SMARTS) is 1. The lowest BCUT2D eigenvalue weighted by Crippen LogP contribution is -2.36. The molecule has 1 atom stereocenters. The largest absolute Gasteiger partial charge is 0.480 e. The Balaban J connectivity index is 2.07. The highest BCUT2D eigenvalue weighted by Gasteiger charge is 2.32. The fourth-order valence-corrected chi connectivity index (χ4v) is 2.85. The summed E-state index contributed by atoms with van der Waals surface area (Å²) in [6.45, 7) is 0.579. The fraction of sp³-hybridized carbons (Fsp3) is 0.250. The summed E-state index contributed by atoms with van der Waals surface area (Å²) in [7, 11) is 0. The predicted octanol–water partition coefficient (Wildman–Crippen LogP) is 2.71. The van der Waals surface area contributed by atoms with Crippen LogP contribution in [0.15, 0.2) is 42.5 Å². The molecule has 1 saturated heterocycles. The number of aromatic nitrogens is 1. The van der Waals surface area contributed by atoms with Gasteiger partial charge in [0.1, 0.15) is 11.9 Å². The molecule has 7 nitrogen and oxygen atoms in total. The lowest BCUT2D eigenvalue weighted by Gasteiger charge is -2.22. The number of pyridine rings is 1. The Labute approximate surface area is 132 Å². The average Bonchev–Trinajstić information content (AvgIpc) is 3.05. The fourth-order valence-electron chi connectivity index (χ4n) is 2.85. The molecule has 118 valence electrons. The van der Waals surface area contributed by atoms with E-state index < -0.39 is 16.9 Å². The van der Waals surface area contributed by atoms with Gasteiger partial charge in [0.25, 0.3) is 5.69 Å². The highest BCUT2D eigenvalue weighted by atomic mass is 16.6. The van der Waals surface area contributed by atoms with Crippen molar-refractivity contribution in [1.82, 2.24) is 4.98 Å². The van der Waals surface area contributed by atoms with E-state index in [1.165, 1.54) is 12.1 Å². The summed E-state index contributed by atoms with van der Waals surface area (Å²) in [6.07, 6.45) is 1.31. The van der Waals surface area contributed by atoms with Gasteiger partial charge in [-0.15, -0.1) is 0 Å². The van der Waals surface area contributed by atoms with Crippen molar-refractivity contribution >= 4 is 17.5 Å². The van der Waals surface area contributed by atoms with Gasteiger partial charge in [0.15, 0.2) is 5.69 Å². The van der Waals surface area contributed by atoms with Gasteiger partial charge in [0.2, 0.25) is 0 Å². The van der Waals surface area contributed by atoms with Gasteiger partial charge < -0.3 is 10.0 Å². The summed E-state index contributed by atoms with van der Waals surface area (Å²) in [4.78, 5) is 28.2. The SMILES string of the molecule is O=C(O)[C@@H]1CCCN1c1ccc([N+](=O)[O-])c(-c2ccccc2)n1. The van der Waals surface area contributed by atoms with Crippen LogP contribution in [0.4, 0.5) is 11.5 Å². The maximum absolute atomic E-state index is 11.3. The molecule has 0 aliphatic carbocycles. The van der Waals surface area contributed by atoms with Gasteiger partial charge in [-0.25, -0.2) is 9.78 Å². The molecule has 0 amide bonds. The number of nitrogens with zero attached hydrogens (tertiary/aromatic N) is 3. The molecule has 0 bridgehead atoms. The molecule has 0 radical (unpaired) electrons. The lowest BCUT2D eigenvalue weighted by atomic mass is 10.1. The van der Waals surface area contributed by atoms with Crippen LogP contribution < -0.4 is 4.90 Å². The van der Waals surface area contributed by atoms with Crippen molar-refractivity contribution in [2.24, 2.45) is 0 Å². The third kappa shape index (κ3) is 2.85. The van der Waals surface area contributed by atoms with Crippen molar-refractivity contribution in [2.75, 3.05) is 11.4 Å². The van der Waals surface area contributed by atoms with Crippen LogP contribution in [-0.4, -0.2) is 33.6 Å². The summed E-state index contributed by atoms with van der Waals surface area (Å²) in [5, 5.41) is 20.6. The second-order valence-corrected chi connectivity index (χ2v) is 5.35. The van der Waals surface area contributed by atoms with Gasteiger partial charge in [-0.2, -0.15) is 0 Å². The molecule has 23 heavy (non-hydrogen) atoms. The Morgan fingerprint density at radius 3 is 2.65 bits per heavy atom. The topological polar surface area (TPSA) is 96.6 Å². The molecule has 0 spiro atoms. The minimum absolute atomic E-state index is 0.0916. The number of hydrogen-bond donors (Lipinski definition) is 1. The molecule has 1 aliphatic rings. The Morgan fingerprint density at radius 1 is 1.26 bits per heavy atom. The van der Waals surface area contributed by atoms with Crippen LogP contribution >= 0.6 is 0 Å². The van der Waals surface area contributed by atoms with Crippen LogP contribution in [0, 0.1) is 10.1 Å². The number of anilines is 1. The molecule has 3 rings (SSSR count). The first-order valence-electron chi connectivity index (χ1n) is 7.28. The Kier molecular flexibility index (Phi) is 3.92. The minimum Gasteiger partial charge on any atom is -0.480 e. The van der Waals surface area contributed by atoms with E-state index in [9.17, 15) is 20.0 Å². The van der Waals surface area contributed by atoms with Crippen molar-refractivity contribution in [3.8, 4) is 11.3 Å². The molecule has 1 aromatic carbocycles. The zero-order chi connectivity index (χ0) is 16.4. The van der Waals surface area contributed by atoms with Gasteiger partial charge in [0, 0.05) is 18.2 Å². The van der Waals surface area contributed by atoms with Crippen LogP contribution in [0.25, 0.3) is 11.3 Å². The second-order valence-electron chi connectivity index (χ2n) is 5.35. The molecule has 0 unspecified atom stereocenters. The number of carbonyl (C=O) groups is 1. The minimum atomic E-state index is -0.899. The van der Waals surface area contributed by atoms with Crippen LogP contribution in [0.3, 0.4) is 0 Å². The Hall–Kier alpha value is -2.96. The first-order chi connectivity index (χ1) is 11.1. The van der Waals surface area contributed by atoms with E-state index in [4.69, 9.17) is 0 Å². The Bertz CT molecular complexity index is 748. The van der Waals surface area contributed by atoms with Crippen LogP contribution in [0.5, 0.6) is 0 Å². The molecule has 1 N–H and O–H groups in total. The average molecular weight is 313 g/mol. The number of hydrogen-bond acceptors (Lipinski definition) is 5.